The molecule has 13 heteroatoms. The fourth-order valence-electron chi connectivity index (χ4n) is 5.46. The van der Waals surface area contributed by atoms with E-state index in [2.05, 4.69) is 30.7 Å². The first-order chi connectivity index (χ1) is 20.2. The van der Waals surface area contributed by atoms with E-state index in [9.17, 15) is 14.4 Å². The number of H-pyrrole nitrogens is 1. The van der Waals surface area contributed by atoms with Gasteiger partial charge in [0.05, 0.1) is 54.5 Å². The molecule has 2 bridgehead atoms. The second-order valence-corrected chi connectivity index (χ2v) is 10.8. The van der Waals surface area contributed by atoms with Gasteiger partial charge in [-0.3, -0.25) is 10.1 Å². The van der Waals surface area contributed by atoms with Crippen LogP contribution in [0.1, 0.15) is 56.1 Å². The number of ether oxygens (including phenoxy) is 2. The highest BCUT2D eigenvalue weighted by Gasteiger charge is 2.36. The lowest BCUT2D eigenvalue weighted by Gasteiger charge is -2.38. The zero-order valence-corrected chi connectivity index (χ0v) is 24.2. The van der Waals surface area contributed by atoms with Crippen LogP contribution < -0.4 is 20.7 Å². The van der Waals surface area contributed by atoms with Gasteiger partial charge in [-0.1, -0.05) is 24.9 Å². The van der Waals surface area contributed by atoms with E-state index in [-0.39, 0.29) is 28.4 Å². The number of fused-ring (bicyclic) bond motifs is 4. The Morgan fingerprint density at radius 3 is 2.71 bits per heavy atom. The number of halogens is 2. The van der Waals surface area contributed by atoms with E-state index in [0.29, 0.717) is 66.4 Å². The molecule has 0 aliphatic carbocycles. The van der Waals surface area contributed by atoms with Crippen LogP contribution in [0.2, 0.25) is 5.02 Å². The van der Waals surface area contributed by atoms with Crippen molar-refractivity contribution in [3.8, 4) is 17.0 Å². The molecule has 0 saturated carbocycles. The molecular weight excluding hydrogens is 567 g/mol. The summed E-state index contributed by atoms with van der Waals surface area (Å²) in [5, 5.41) is 8.47. The number of nitrogens with zero attached hydrogens (tertiary/aromatic N) is 2. The predicted molar refractivity (Wildman–Crippen MR) is 155 cm³/mol. The molecule has 2 aliphatic rings. The van der Waals surface area contributed by atoms with Crippen LogP contribution in [0.5, 0.6) is 5.75 Å². The number of hydrogen-bond donors (Lipinski definition) is 4. The van der Waals surface area contributed by atoms with Gasteiger partial charge in [-0.25, -0.2) is 19.0 Å². The number of anilines is 2. The maximum absolute atomic E-state index is 15.0. The topological polar surface area (TPSA) is 138 Å². The number of rotatable bonds is 4. The Morgan fingerprint density at radius 1 is 1.17 bits per heavy atom. The molecule has 0 spiro atoms. The lowest BCUT2D eigenvalue weighted by Crippen LogP contribution is -2.49. The van der Waals surface area contributed by atoms with Gasteiger partial charge < -0.3 is 30.0 Å². The van der Waals surface area contributed by atoms with E-state index >= 15 is 4.39 Å². The Labute approximate surface area is 247 Å². The van der Waals surface area contributed by atoms with Gasteiger partial charge in [0.2, 0.25) is 5.91 Å². The van der Waals surface area contributed by atoms with Crippen LogP contribution in [-0.2, 0) is 9.53 Å². The van der Waals surface area contributed by atoms with Crippen LogP contribution in [0, 0.1) is 11.7 Å². The van der Waals surface area contributed by atoms with Crippen molar-refractivity contribution in [1.29, 1.82) is 0 Å². The van der Waals surface area contributed by atoms with Crippen LogP contribution in [-0.4, -0.2) is 53.7 Å². The van der Waals surface area contributed by atoms with Crippen LogP contribution >= 0.6 is 11.6 Å². The standard InChI is InChI=1S/C29H32ClFN6O5/c1-15-5-4-6-22(37-12-11-19(36-28(37)39)24-23(41-2)10-9-18(30)25(24)31)26-32-14-21(34-26)17-8-7-16(33-29(40)42-3)13-20(17)35-27(15)38/h7-10,13-15,19,22H,4-6,11-12H2,1-3H3,(H,32,34)(H,33,40)(H,35,38)(H,36,39)/t15?,19?,22-/m0/s1. The zero-order chi connectivity index (χ0) is 30.0. The highest BCUT2D eigenvalue weighted by Crippen LogP contribution is 2.38. The van der Waals surface area contributed by atoms with Gasteiger partial charge in [0.25, 0.3) is 0 Å². The molecule has 2 unspecified atom stereocenters. The Kier molecular flexibility index (Phi) is 8.53. The molecular formula is C29H32ClFN6O5. The van der Waals surface area contributed by atoms with Crippen LogP contribution in [0.3, 0.4) is 0 Å². The number of carbonyl (C=O) groups excluding carboxylic acids is 3. The summed E-state index contributed by atoms with van der Waals surface area (Å²) in [5.74, 6) is -0.193. The maximum Gasteiger partial charge on any atom is 0.411 e. The summed E-state index contributed by atoms with van der Waals surface area (Å²) in [7, 11) is 2.71. The lowest BCUT2D eigenvalue weighted by atomic mass is 9.96. The second kappa shape index (κ2) is 12.3. The van der Waals surface area contributed by atoms with Gasteiger partial charge in [0.1, 0.15) is 11.6 Å². The third-order valence-electron chi connectivity index (χ3n) is 7.73. The Balaban J connectivity index is 1.45. The molecule has 2 aromatic carbocycles. The number of aromatic nitrogens is 2. The predicted octanol–water partition coefficient (Wildman–Crippen LogP) is 6.01. The summed E-state index contributed by atoms with van der Waals surface area (Å²) in [6.07, 6.45) is 3.23. The molecule has 2 aliphatic heterocycles. The third-order valence-corrected chi connectivity index (χ3v) is 8.02. The minimum Gasteiger partial charge on any atom is -0.496 e. The van der Waals surface area contributed by atoms with Crippen molar-refractivity contribution in [2.45, 2.75) is 44.7 Å². The SMILES string of the molecule is COC(=O)Nc1ccc2c(c1)NC(=O)C(C)CCC[C@H](N1CCC(c3c(OC)ccc(Cl)c3F)NC1=O)c1ncc-2[nH]1. The molecule has 42 heavy (non-hydrogen) atoms. The molecule has 4 amide bonds. The van der Waals surface area contributed by atoms with Crippen LogP contribution in [0.15, 0.2) is 36.5 Å². The maximum atomic E-state index is 15.0. The number of carbonyl (C=O) groups is 3. The molecule has 3 atom stereocenters. The fourth-order valence-corrected chi connectivity index (χ4v) is 5.62. The first-order valence-corrected chi connectivity index (χ1v) is 14.0. The van der Waals surface area contributed by atoms with E-state index in [1.54, 1.807) is 35.4 Å². The lowest BCUT2D eigenvalue weighted by molar-refractivity contribution is -0.119. The average Bonchev–Trinajstić information content (AvgIpc) is 3.46. The molecule has 0 radical (unpaired) electrons. The zero-order valence-electron chi connectivity index (χ0n) is 23.4. The largest absolute Gasteiger partial charge is 0.496 e. The van der Waals surface area contributed by atoms with Gasteiger partial charge in [0, 0.05) is 23.7 Å². The van der Waals surface area contributed by atoms with E-state index in [1.807, 2.05) is 6.92 Å². The molecule has 1 aromatic heterocycles. The van der Waals surface area contributed by atoms with E-state index in [4.69, 9.17) is 16.3 Å². The van der Waals surface area contributed by atoms with Crippen LogP contribution in [0.25, 0.3) is 11.3 Å². The summed E-state index contributed by atoms with van der Waals surface area (Å²) in [6, 6.07) is 6.71. The van der Waals surface area contributed by atoms with Gasteiger partial charge in [0.15, 0.2) is 5.82 Å². The first-order valence-electron chi connectivity index (χ1n) is 13.6. The quantitative estimate of drug-likeness (QED) is 0.290. The van der Waals surface area contributed by atoms with Gasteiger partial charge in [-0.2, -0.15) is 0 Å². The summed E-state index contributed by atoms with van der Waals surface area (Å²) in [6.45, 7) is 2.18. The highest BCUT2D eigenvalue weighted by atomic mass is 35.5. The van der Waals surface area contributed by atoms with Crippen molar-refractivity contribution in [3.63, 3.8) is 0 Å². The summed E-state index contributed by atoms with van der Waals surface area (Å²) < 4.78 is 25.0. The minimum absolute atomic E-state index is 0.0449. The number of nitrogens with one attached hydrogen (secondary N) is 4. The summed E-state index contributed by atoms with van der Waals surface area (Å²) in [5.41, 5.74) is 2.45. The number of methoxy groups -OCH3 is 2. The van der Waals surface area contributed by atoms with Crippen molar-refractivity contribution in [1.82, 2.24) is 20.2 Å². The Hall–Kier alpha value is -4.32. The Bertz CT molecular complexity index is 1510. The van der Waals surface area contributed by atoms with Crippen molar-refractivity contribution in [3.05, 3.63) is 58.8 Å². The molecule has 3 heterocycles. The smallest absolute Gasteiger partial charge is 0.411 e. The number of amides is 4. The van der Waals surface area contributed by atoms with E-state index < -0.39 is 24.0 Å². The average molecular weight is 599 g/mol. The number of hydrogen-bond acceptors (Lipinski definition) is 6. The number of aromatic amines is 1. The fraction of sp³-hybridized carbons (Fsp3) is 0.379. The highest BCUT2D eigenvalue weighted by molar-refractivity contribution is 6.30. The molecule has 3 aromatic rings. The minimum atomic E-state index is -0.631. The van der Waals surface area contributed by atoms with Crippen LogP contribution in [0.4, 0.5) is 25.4 Å². The summed E-state index contributed by atoms with van der Waals surface area (Å²) >= 11 is 6.04. The second-order valence-electron chi connectivity index (χ2n) is 10.4. The van der Waals surface area contributed by atoms with Crippen molar-refractivity contribution < 1.29 is 28.2 Å². The third kappa shape index (κ3) is 5.85. The number of benzene rings is 2. The van der Waals surface area contributed by atoms with Gasteiger partial charge in [-0.15, -0.1) is 0 Å². The summed E-state index contributed by atoms with van der Waals surface area (Å²) in [4.78, 5) is 48.0. The molecule has 11 nitrogen and oxygen atoms in total. The van der Waals surface area contributed by atoms with Crippen molar-refractivity contribution in [2.75, 3.05) is 31.4 Å². The normalized spacial score (nSPS) is 20.8. The molecule has 5 rings (SSSR count). The van der Waals surface area contributed by atoms with E-state index in [1.165, 1.54) is 20.3 Å². The van der Waals surface area contributed by atoms with Crippen molar-refractivity contribution in [2.24, 2.45) is 5.92 Å². The molecule has 1 fully saturated rings. The first kappa shape index (κ1) is 29.2. The molecule has 222 valence electrons. The van der Waals surface area contributed by atoms with Gasteiger partial charge in [-0.05, 0) is 49.6 Å². The molecule has 1 saturated heterocycles. The number of imidazole rings is 1. The Morgan fingerprint density at radius 2 is 1.98 bits per heavy atom. The van der Waals surface area contributed by atoms with E-state index in [0.717, 1.165) is 0 Å². The van der Waals surface area contributed by atoms with Gasteiger partial charge >= 0.3 is 12.1 Å². The molecule has 4 N–H and O–H groups in total. The number of urea groups is 1. The van der Waals surface area contributed by atoms with Crippen molar-refractivity contribution >= 4 is 41.0 Å². The monoisotopic (exact) mass is 598 g/mol.